The minimum atomic E-state index is -1.30. The van der Waals surface area contributed by atoms with E-state index in [1.54, 1.807) is 0 Å². The number of nitrogens with one attached hydrogen (secondary N) is 1. The fraction of sp³-hybridized carbons (Fsp3) is 0. The van der Waals surface area contributed by atoms with Crippen molar-refractivity contribution in [2.75, 3.05) is 0 Å². The van der Waals surface area contributed by atoms with Gasteiger partial charge in [-0.1, -0.05) is 11.6 Å². The van der Waals surface area contributed by atoms with Crippen molar-refractivity contribution in [2.45, 2.75) is 0 Å². The van der Waals surface area contributed by atoms with Crippen molar-refractivity contribution in [1.29, 1.82) is 0 Å². The van der Waals surface area contributed by atoms with E-state index in [1.807, 2.05) is 0 Å². The highest BCUT2D eigenvalue weighted by molar-refractivity contribution is 9.14. The van der Waals surface area contributed by atoms with Gasteiger partial charge < -0.3 is 5.11 Å². The molecule has 0 atom stereocenters. The largest absolute Gasteiger partial charge is 0.478 e. The Kier molecular flexibility index (Phi) is 5.45. The predicted octanol–water partition coefficient (Wildman–Crippen LogP) is 4.37. The summed E-state index contributed by atoms with van der Waals surface area (Å²) in [7, 11) is 0. The first-order chi connectivity index (χ1) is 7.82. The normalized spacial score (nSPS) is 10.2. The van der Waals surface area contributed by atoms with Crippen molar-refractivity contribution in [3.63, 3.8) is 0 Å². The molecule has 0 aliphatic carbocycles. The van der Waals surface area contributed by atoms with Crippen LogP contribution in [0.25, 0.3) is 0 Å². The lowest BCUT2D eigenvalue weighted by Gasteiger charge is -2.12. The Hall–Kier alpha value is 0.370. The molecule has 92 valence electrons. The molecule has 0 saturated heterocycles. The Labute approximate surface area is 135 Å². The molecule has 9 heteroatoms. The van der Waals surface area contributed by atoms with Crippen molar-refractivity contribution in [1.82, 2.24) is 4.34 Å². The van der Waals surface area contributed by atoms with E-state index >= 15 is 0 Å². The van der Waals surface area contributed by atoms with Gasteiger partial charge >= 0.3 is 5.97 Å². The van der Waals surface area contributed by atoms with Gasteiger partial charge in [-0.15, -0.1) is 0 Å². The zero-order valence-electron chi connectivity index (χ0n) is 7.65. The fourth-order valence-corrected chi connectivity index (χ4v) is 3.31. The summed E-state index contributed by atoms with van der Waals surface area (Å²) in [4.78, 5) is 22.8. The van der Waals surface area contributed by atoms with E-state index in [9.17, 15) is 9.59 Å². The third-order valence-electron chi connectivity index (χ3n) is 1.79. The van der Waals surface area contributed by atoms with E-state index in [4.69, 9.17) is 16.7 Å². The number of halogens is 5. The second kappa shape index (κ2) is 6.01. The number of carbonyl (C=O) groups excluding carboxylic acids is 1. The molecule has 4 nitrogen and oxygen atoms in total. The Morgan fingerprint density at radius 3 is 2.00 bits per heavy atom. The number of aromatic carboxylic acids is 1. The highest BCUT2D eigenvalue weighted by atomic mass is 79.9. The minimum Gasteiger partial charge on any atom is -0.478 e. The summed E-state index contributed by atoms with van der Waals surface area (Å²) >= 11 is 18.1. The molecular formula is C8H2Br4ClNO3. The van der Waals surface area contributed by atoms with E-state index < -0.39 is 11.9 Å². The van der Waals surface area contributed by atoms with Crippen molar-refractivity contribution >= 4 is 87.4 Å². The SMILES string of the molecule is O=C(O)c1c(Cl)c(Br)c(Br)c(Br)c1C(=O)NBr. The van der Waals surface area contributed by atoms with Gasteiger partial charge in [0.05, 0.1) is 20.6 Å². The van der Waals surface area contributed by atoms with Crippen LogP contribution in [0.4, 0.5) is 0 Å². The van der Waals surface area contributed by atoms with Crippen LogP contribution in [-0.2, 0) is 0 Å². The molecule has 1 aromatic rings. The van der Waals surface area contributed by atoms with Crippen LogP contribution < -0.4 is 4.34 Å². The van der Waals surface area contributed by atoms with Gasteiger partial charge in [-0.05, 0) is 47.8 Å². The summed E-state index contributed by atoms with van der Waals surface area (Å²) in [5.74, 6) is -1.92. The van der Waals surface area contributed by atoms with Gasteiger partial charge in [0.1, 0.15) is 0 Å². The van der Waals surface area contributed by atoms with Gasteiger partial charge in [-0.25, -0.2) is 4.79 Å². The molecule has 0 saturated carbocycles. The number of amides is 1. The van der Waals surface area contributed by atoms with Crippen molar-refractivity contribution < 1.29 is 14.7 Å². The number of carboxylic acids is 1. The first-order valence-corrected chi connectivity index (χ1v) is 7.38. The second-order valence-electron chi connectivity index (χ2n) is 2.73. The molecular weight excluding hydrogens is 513 g/mol. The van der Waals surface area contributed by atoms with E-state index in [0.29, 0.717) is 13.4 Å². The molecule has 0 aliphatic rings. The molecule has 0 heterocycles. The highest BCUT2D eigenvalue weighted by Gasteiger charge is 2.27. The van der Waals surface area contributed by atoms with Crippen LogP contribution in [0.3, 0.4) is 0 Å². The first-order valence-electron chi connectivity index (χ1n) is 3.83. The number of benzene rings is 1. The van der Waals surface area contributed by atoms with E-state index in [0.717, 1.165) is 0 Å². The van der Waals surface area contributed by atoms with Crippen LogP contribution in [-0.4, -0.2) is 17.0 Å². The van der Waals surface area contributed by atoms with E-state index in [-0.39, 0.29) is 16.1 Å². The van der Waals surface area contributed by atoms with Crippen molar-refractivity contribution in [3.05, 3.63) is 29.6 Å². The van der Waals surface area contributed by atoms with E-state index in [2.05, 4.69) is 68.3 Å². The lowest BCUT2D eigenvalue weighted by Crippen LogP contribution is -2.18. The molecule has 0 radical (unpaired) electrons. The molecule has 0 unspecified atom stereocenters. The average molecular weight is 515 g/mol. The zero-order valence-corrected chi connectivity index (χ0v) is 14.8. The van der Waals surface area contributed by atoms with Gasteiger partial charge in [-0.3, -0.25) is 9.14 Å². The average Bonchev–Trinajstić information content (AvgIpc) is 2.29. The Morgan fingerprint density at radius 1 is 1.06 bits per heavy atom. The molecule has 1 amide bonds. The summed E-state index contributed by atoms with van der Waals surface area (Å²) in [5.41, 5.74) is -0.361. The second-order valence-corrected chi connectivity index (χ2v) is 5.89. The zero-order chi connectivity index (χ0) is 13.3. The van der Waals surface area contributed by atoms with Gasteiger partial charge in [0.25, 0.3) is 5.91 Å². The maximum Gasteiger partial charge on any atom is 0.338 e. The number of hydrogen-bond acceptors (Lipinski definition) is 2. The van der Waals surface area contributed by atoms with Crippen LogP contribution in [0.15, 0.2) is 13.4 Å². The van der Waals surface area contributed by atoms with Gasteiger partial charge in [0.15, 0.2) is 0 Å². The lowest BCUT2D eigenvalue weighted by molar-refractivity contribution is 0.0691. The number of hydrogen-bond donors (Lipinski definition) is 2. The summed E-state index contributed by atoms with van der Waals surface area (Å²) in [6.45, 7) is 0. The Balaban J connectivity index is 3.78. The van der Waals surface area contributed by atoms with Gasteiger partial charge in [0.2, 0.25) is 0 Å². The molecule has 0 fully saturated rings. The third-order valence-corrected chi connectivity index (χ3v) is 6.20. The number of carboxylic acid groups (broad SMARTS) is 1. The highest BCUT2D eigenvalue weighted by Crippen LogP contribution is 2.42. The van der Waals surface area contributed by atoms with Crippen molar-refractivity contribution in [3.8, 4) is 0 Å². The van der Waals surface area contributed by atoms with Gasteiger partial charge in [-0.2, -0.15) is 0 Å². The number of carbonyl (C=O) groups is 2. The Bertz CT molecular complexity index is 520. The Morgan fingerprint density at radius 2 is 1.59 bits per heavy atom. The summed E-state index contributed by atoms with van der Waals surface area (Å²) < 4.78 is 3.28. The van der Waals surface area contributed by atoms with Crippen LogP contribution in [0.5, 0.6) is 0 Å². The summed E-state index contributed by atoms with van der Waals surface area (Å²) in [6, 6.07) is 0. The smallest absolute Gasteiger partial charge is 0.338 e. The van der Waals surface area contributed by atoms with E-state index in [1.165, 1.54) is 0 Å². The molecule has 0 aromatic heterocycles. The standard InChI is InChI=1S/C8H2Br4ClNO3/c9-3-1(7(15)14-12)2(8(16)17)6(13)5(11)4(3)10/h(H,14,15)(H,16,17). The predicted molar refractivity (Wildman–Crippen MR) is 77.9 cm³/mol. The third kappa shape index (κ3) is 2.86. The van der Waals surface area contributed by atoms with Crippen LogP contribution in [0, 0.1) is 0 Å². The van der Waals surface area contributed by atoms with Crippen LogP contribution >= 0.6 is 75.5 Å². The topological polar surface area (TPSA) is 66.4 Å². The molecule has 0 spiro atoms. The maximum atomic E-state index is 11.6. The molecule has 17 heavy (non-hydrogen) atoms. The number of rotatable bonds is 2. The van der Waals surface area contributed by atoms with Gasteiger partial charge in [0, 0.05) is 25.1 Å². The van der Waals surface area contributed by atoms with Crippen LogP contribution in [0.2, 0.25) is 5.02 Å². The lowest BCUT2D eigenvalue weighted by atomic mass is 10.1. The van der Waals surface area contributed by atoms with Crippen molar-refractivity contribution in [2.24, 2.45) is 0 Å². The monoisotopic (exact) mass is 511 g/mol. The summed E-state index contributed by atoms with van der Waals surface area (Å²) in [6.07, 6.45) is 0. The minimum absolute atomic E-state index is 0.0568. The summed E-state index contributed by atoms with van der Waals surface area (Å²) in [5, 5.41) is 9.04. The fourth-order valence-electron chi connectivity index (χ4n) is 1.09. The van der Waals surface area contributed by atoms with Crippen LogP contribution in [0.1, 0.15) is 20.7 Å². The molecule has 1 rings (SSSR count). The molecule has 0 aliphatic heterocycles. The molecule has 1 aromatic carbocycles. The quantitative estimate of drug-likeness (QED) is 0.350. The molecule has 0 bridgehead atoms. The maximum absolute atomic E-state index is 11.6. The first kappa shape index (κ1) is 15.4. The molecule has 2 N–H and O–H groups in total.